The number of benzene rings is 2. The van der Waals surface area contributed by atoms with Gasteiger partial charge in [0.1, 0.15) is 0 Å². The second-order valence-corrected chi connectivity index (χ2v) is 5.91. The van der Waals surface area contributed by atoms with Crippen molar-refractivity contribution >= 4 is 5.91 Å². The van der Waals surface area contributed by atoms with Crippen molar-refractivity contribution in [2.75, 3.05) is 33.2 Å². The fourth-order valence-corrected chi connectivity index (χ4v) is 2.88. The number of amides is 1. The largest absolute Gasteiger partial charge is 0.336 e. The second kappa shape index (κ2) is 6.75. The second-order valence-electron chi connectivity index (χ2n) is 5.91. The van der Waals surface area contributed by atoms with Crippen molar-refractivity contribution in [3.05, 3.63) is 71.3 Å². The number of nitrogens with zero attached hydrogens (tertiary/aromatic N) is 2. The van der Waals surface area contributed by atoms with Gasteiger partial charge in [-0.2, -0.15) is 0 Å². The molecular weight excluding hydrogens is 272 g/mol. The Morgan fingerprint density at radius 3 is 2.27 bits per heavy atom. The predicted molar refractivity (Wildman–Crippen MR) is 89.1 cm³/mol. The number of hydrogen-bond acceptors (Lipinski definition) is 2. The molecule has 0 saturated carbocycles. The van der Waals surface area contributed by atoms with Gasteiger partial charge in [0.25, 0.3) is 5.91 Å². The Bertz CT molecular complexity index is 631. The molecule has 2 aromatic carbocycles. The fourth-order valence-electron chi connectivity index (χ4n) is 2.88. The Labute approximate surface area is 132 Å². The van der Waals surface area contributed by atoms with Crippen molar-refractivity contribution in [2.24, 2.45) is 0 Å². The standard InChI is InChI=1S/C19H22N2O/c1-20-11-13-21(14-12-20)19(22)18-10-6-5-9-17(18)15-16-7-3-2-4-8-16/h2-10H,11-15H2,1H3. The molecule has 22 heavy (non-hydrogen) atoms. The summed E-state index contributed by atoms with van der Waals surface area (Å²) in [6.07, 6.45) is 0.802. The van der Waals surface area contributed by atoms with Gasteiger partial charge in [0.2, 0.25) is 0 Å². The summed E-state index contributed by atoms with van der Waals surface area (Å²) in [4.78, 5) is 17.1. The van der Waals surface area contributed by atoms with E-state index in [0.717, 1.165) is 43.7 Å². The summed E-state index contributed by atoms with van der Waals surface area (Å²) >= 11 is 0. The molecular formula is C19H22N2O. The van der Waals surface area contributed by atoms with Crippen LogP contribution >= 0.6 is 0 Å². The average Bonchev–Trinajstić information content (AvgIpc) is 2.56. The molecule has 3 nitrogen and oxygen atoms in total. The van der Waals surface area contributed by atoms with Crippen LogP contribution in [-0.4, -0.2) is 48.9 Å². The zero-order valence-corrected chi connectivity index (χ0v) is 13.0. The minimum absolute atomic E-state index is 0.166. The highest BCUT2D eigenvalue weighted by atomic mass is 16.2. The van der Waals surface area contributed by atoms with E-state index < -0.39 is 0 Å². The first-order valence-corrected chi connectivity index (χ1v) is 7.83. The van der Waals surface area contributed by atoms with Crippen molar-refractivity contribution in [3.63, 3.8) is 0 Å². The van der Waals surface area contributed by atoms with Gasteiger partial charge in [0.15, 0.2) is 0 Å². The molecule has 1 amide bonds. The molecule has 1 aliphatic heterocycles. The molecule has 0 radical (unpaired) electrons. The number of carbonyl (C=O) groups is 1. The lowest BCUT2D eigenvalue weighted by molar-refractivity contribution is 0.0663. The minimum Gasteiger partial charge on any atom is -0.336 e. The molecule has 1 saturated heterocycles. The lowest BCUT2D eigenvalue weighted by Crippen LogP contribution is -2.47. The zero-order valence-electron chi connectivity index (χ0n) is 13.0. The Morgan fingerprint density at radius 1 is 0.909 bits per heavy atom. The summed E-state index contributed by atoms with van der Waals surface area (Å²) < 4.78 is 0. The van der Waals surface area contributed by atoms with Gasteiger partial charge < -0.3 is 9.80 Å². The predicted octanol–water partition coefficient (Wildman–Crippen LogP) is 2.67. The Kier molecular flexibility index (Phi) is 4.54. The lowest BCUT2D eigenvalue weighted by atomic mass is 9.99. The Hall–Kier alpha value is -2.13. The van der Waals surface area contributed by atoms with E-state index in [-0.39, 0.29) is 5.91 Å². The SMILES string of the molecule is CN1CCN(C(=O)c2ccccc2Cc2ccccc2)CC1. The average molecular weight is 294 g/mol. The molecule has 0 aromatic heterocycles. The van der Waals surface area contributed by atoms with Gasteiger partial charge in [0.05, 0.1) is 0 Å². The molecule has 0 atom stereocenters. The first kappa shape index (κ1) is 14.8. The van der Waals surface area contributed by atoms with Crippen molar-refractivity contribution in [2.45, 2.75) is 6.42 Å². The zero-order chi connectivity index (χ0) is 15.4. The third kappa shape index (κ3) is 3.37. The number of likely N-dealkylation sites (N-methyl/N-ethyl adjacent to an activating group) is 1. The Morgan fingerprint density at radius 2 is 1.55 bits per heavy atom. The highest BCUT2D eigenvalue weighted by Gasteiger charge is 2.22. The van der Waals surface area contributed by atoms with Crippen LogP contribution in [0.4, 0.5) is 0 Å². The Balaban J connectivity index is 1.80. The molecule has 1 heterocycles. The first-order chi connectivity index (χ1) is 10.7. The molecule has 0 unspecified atom stereocenters. The van der Waals surface area contributed by atoms with E-state index >= 15 is 0 Å². The van der Waals surface area contributed by atoms with E-state index in [4.69, 9.17) is 0 Å². The van der Waals surface area contributed by atoms with Gasteiger partial charge in [-0.1, -0.05) is 48.5 Å². The first-order valence-electron chi connectivity index (χ1n) is 7.83. The molecule has 1 fully saturated rings. The monoisotopic (exact) mass is 294 g/mol. The van der Waals surface area contributed by atoms with Crippen molar-refractivity contribution < 1.29 is 4.79 Å². The highest BCUT2D eigenvalue weighted by molar-refractivity contribution is 5.95. The van der Waals surface area contributed by atoms with Crippen molar-refractivity contribution in [1.82, 2.24) is 9.80 Å². The molecule has 114 valence electrons. The molecule has 0 spiro atoms. The normalized spacial score (nSPS) is 15.8. The number of hydrogen-bond donors (Lipinski definition) is 0. The third-order valence-corrected chi connectivity index (χ3v) is 4.28. The van der Waals surface area contributed by atoms with Gasteiger partial charge in [-0.3, -0.25) is 4.79 Å². The van der Waals surface area contributed by atoms with Crippen LogP contribution in [0.25, 0.3) is 0 Å². The summed E-state index contributed by atoms with van der Waals surface area (Å²) in [5, 5.41) is 0. The van der Waals surface area contributed by atoms with Gasteiger partial charge in [-0.15, -0.1) is 0 Å². The van der Waals surface area contributed by atoms with Crippen LogP contribution in [0.5, 0.6) is 0 Å². The van der Waals surface area contributed by atoms with E-state index in [2.05, 4.69) is 30.1 Å². The summed E-state index contributed by atoms with van der Waals surface area (Å²) in [7, 11) is 2.10. The van der Waals surface area contributed by atoms with Crippen LogP contribution < -0.4 is 0 Å². The van der Waals surface area contributed by atoms with E-state index in [1.54, 1.807) is 0 Å². The minimum atomic E-state index is 0.166. The van der Waals surface area contributed by atoms with Crippen molar-refractivity contribution in [3.8, 4) is 0 Å². The van der Waals surface area contributed by atoms with Crippen LogP contribution in [0.15, 0.2) is 54.6 Å². The number of rotatable bonds is 3. The topological polar surface area (TPSA) is 23.6 Å². The van der Waals surface area contributed by atoms with Crippen molar-refractivity contribution in [1.29, 1.82) is 0 Å². The maximum absolute atomic E-state index is 12.8. The maximum atomic E-state index is 12.8. The van der Waals surface area contributed by atoms with Gasteiger partial charge in [-0.25, -0.2) is 0 Å². The fraction of sp³-hybridized carbons (Fsp3) is 0.316. The quantitative estimate of drug-likeness (QED) is 0.869. The third-order valence-electron chi connectivity index (χ3n) is 4.28. The summed E-state index contributed by atoms with van der Waals surface area (Å²) in [6, 6.07) is 18.3. The van der Waals surface area contributed by atoms with Gasteiger partial charge >= 0.3 is 0 Å². The van der Waals surface area contributed by atoms with Crippen LogP contribution in [0.1, 0.15) is 21.5 Å². The van der Waals surface area contributed by atoms with Gasteiger partial charge in [-0.05, 0) is 30.7 Å². The van der Waals surface area contributed by atoms with Crippen LogP contribution in [0.2, 0.25) is 0 Å². The molecule has 0 bridgehead atoms. The molecule has 3 rings (SSSR count). The molecule has 0 aliphatic carbocycles. The number of piperazine rings is 1. The van der Waals surface area contributed by atoms with Crippen LogP contribution in [0, 0.1) is 0 Å². The van der Waals surface area contributed by atoms with Crippen LogP contribution in [-0.2, 0) is 6.42 Å². The van der Waals surface area contributed by atoms with Gasteiger partial charge in [0, 0.05) is 31.7 Å². The van der Waals surface area contributed by atoms with E-state index in [1.165, 1.54) is 5.56 Å². The smallest absolute Gasteiger partial charge is 0.254 e. The number of carbonyl (C=O) groups excluding carboxylic acids is 1. The van der Waals surface area contributed by atoms with E-state index in [0.29, 0.717) is 0 Å². The van der Waals surface area contributed by atoms with E-state index in [9.17, 15) is 4.79 Å². The summed E-state index contributed by atoms with van der Waals surface area (Å²) in [6.45, 7) is 3.53. The van der Waals surface area contributed by atoms with Crippen LogP contribution in [0.3, 0.4) is 0 Å². The summed E-state index contributed by atoms with van der Waals surface area (Å²) in [5.74, 6) is 0.166. The molecule has 3 heteroatoms. The van der Waals surface area contributed by atoms with E-state index in [1.807, 2.05) is 41.3 Å². The lowest BCUT2D eigenvalue weighted by Gasteiger charge is -2.32. The molecule has 0 N–H and O–H groups in total. The molecule has 2 aromatic rings. The summed E-state index contributed by atoms with van der Waals surface area (Å²) in [5.41, 5.74) is 3.19. The molecule has 1 aliphatic rings. The highest BCUT2D eigenvalue weighted by Crippen LogP contribution is 2.17. The maximum Gasteiger partial charge on any atom is 0.254 e.